The zero-order valence-corrected chi connectivity index (χ0v) is 9.85. The number of hydrogen-bond acceptors (Lipinski definition) is 3. The Labute approximate surface area is 95.7 Å². The highest BCUT2D eigenvalue weighted by Crippen LogP contribution is 2.36. The lowest BCUT2D eigenvalue weighted by Crippen LogP contribution is -2.09. The van der Waals surface area contributed by atoms with Gasteiger partial charge in [-0.2, -0.15) is 0 Å². The fraction of sp³-hybridized carbons (Fsp3) is 0.667. The standard InChI is InChI=1S/C12H18O2S/c1-9(11-5-3-7-13-11)15-10(2)12-6-4-8-14-12/h11-12H,1-8H2. The van der Waals surface area contributed by atoms with E-state index in [0.29, 0.717) is 0 Å². The summed E-state index contributed by atoms with van der Waals surface area (Å²) in [5.74, 6) is 0. The first-order chi connectivity index (χ1) is 7.27. The maximum absolute atomic E-state index is 5.58. The lowest BCUT2D eigenvalue weighted by Gasteiger charge is -2.17. The highest BCUT2D eigenvalue weighted by Gasteiger charge is 2.24. The minimum atomic E-state index is 0.230. The molecule has 0 aromatic heterocycles. The number of ether oxygens (including phenoxy) is 2. The van der Waals surface area contributed by atoms with Crippen LogP contribution >= 0.6 is 11.8 Å². The summed E-state index contributed by atoms with van der Waals surface area (Å²) in [6.45, 7) is 9.88. The molecule has 0 aliphatic carbocycles. The van der Waals surface area contributed by atoms with Gasteiger partial charge in [-0.05, 0) is 25.7 Å². The largest absolute Gasteiger partial charge is 0.373 e. The van der Waals surface area contributed by atoms with E-state index >= 15 is 0 Å². The van der Waals surface area contributed by atoms with Gasteiger partial charge in [-0.25, -0.2) is 0 Å². The Morgan fingerprint density at radius 3 is 1.73 bits per heavy atom. The van der Waals surface area contributed by atoms with Gasteiger partial charge in [-0.15, -0.1) is 0 Å². The lowest BCUT2D eigenvalue weighted by atomic mass is 10.2. The molecule has 0 aromatic carbocycles. The molecule has 2 saturated heterocycles. The fourth-order valence-electron chi connectivity index (χ4n) is 1.96. The Morgan fingerprint density at radius 2 is 1.40 bits per heavy atom. The van der Waals surface area contributed by atoms with E-state index in [4.69, 9.17) is 9.47 Å². The molecule has 0 radical (unpaired) electrons. The fourth-order valence-corrected chi connectivity index (χ4v) is 2.93. The normalized spacial score (nSPS) is 30.7. The van der Waals surface area contributed by atoms with Gasteiger partial charge < -0.3 is 9.47 Å². The average molecular weight is 226 g/mol. The first-order valence-corrected chi connectivity index (χ1v) is 6.37. The van der Waals surface area contributed by atoms with E-state index in [1.165, 1.54) is 0 Å². The van der Waals surface area contributed by atoms with E-state index in [-0.39, 0.29) is 12.2 Å². The zero-order chi connectivity index (χ0) is 10.7. The van der Waals surface area contributed by atoms with Crippen molar-refractivity contribution in [1.29, 1.82) is 0 Å². The molecule has 0 N–H and O–H groups in total. The third-order valence-corrected chi connectivity index (χ3v) is 3.89. The number of thioether (sulfide) groups is 1. The Bertz CT molecular complexity index is 224. The van der Waals surface area contributed by atoms with Crippen molar-refractivity contribution in [3.63, 3.8) is 0 Å². The first-order valence-electron chi connectivity index (χ1n) is 5.56. The minimum Gasteiger partial charge on any atom is -0.373 e. The Balaban J connectivity index is 1.79. The third-order valence-electron chi connectivity index (χ3n) is 2.84. The molecule has 15 heavy (non-hydrogen) atoms. The monoisotopic (exact) mass is 226 g/mol. The van der Waals surface area contributed by atoms with Gasteiger partial charge in [0.15, 0.2) is 0 Å². The van der Waals surface area contributed by atoms with E-state index in [0.717, 1.165) is 48.7 Å². The van der Waals surface area contributed by atoms with Crippen molar-refractivity contribution in [2.75, 3.05) is 13.2 Å². The predicted octanol–water partition coefficient (Wildman–Crippen LogP) is 3.11. The van der Waals surface area contributed by atoms with Gasteiger partial charge in [0.2, 0.25) is 0 Å². The molecule has 0 saturated carbocycles. The van der Waals surface area contributed by atoms with Crippen LogP contribution in [-0.2, 0) is 9.47 Å². The molecule has 2 atom stereocenters. The van der Waals surface area contributed by atoms with Crippen molar-refractivity contribution in [3.8, 4) is 0 Å². The van der Waals surface area contributed by atoms with Crippen molar-refractivity contribution in [2.24, 2.45) is 0 Å². The molecule has 2 nitrogen and oxygen atoms in total. The first kappa shape index (κ1) is 11.2. The highest BCUT2D eigenvalue weighted by molar-refractivity contribution is 8.06. The molecule has 0 bridgehead atoms. The SMILES string of the molecule is C=C(SC(=C)C1CCCO1)C1CCCO1. The molecule has 0 spiro atoms. The molecule has 84 valence electrons. The lowest BCUT2D eigenvalue weighted by molar-refractivity contribution is 0.141. The maximum atomic E-state index is 5.58. The Morgan fingerprint density at radius 1 is 0.933 bits per heavy atom. The van der Waals surface area contributed by atoms with Crippen LogP contribution in [0.1, 0.15) is 25.7 Å². The van der Waals surface area contributed by atoms with Crippen molar-refractivity contribution >= 4 is 11.8 Å². The molecule has 2 aliphatic heterocycles. The smallest absolute Gasteiger partial charge is 0.0881 e. The zero-order valence-electron chi connectivity index (χ0n) is 9.04. The van der Waals surface area contributed by atoms with E-state index in [9.17, 15) is 0 Å². The van der Waals surface area contributed by atoms with Crippen LogP contribution in [0.2, 0.25) is 0 Å². The van der Waals surface area contributed by atoms with Crippen LogP contribution < -0.4 is 0 Å². The van der Waals surface area contributed by atoms with Gasteiger partial charge in [0.05, 0.1) is 12.2 Å². The topological polar surface area (TPSA) is 18.5 Å². The van der Waals surface area contributed by atoms with Gasteiger partial charge in [0.1, 0.15) is 0 Å². The summed E-state index contributed by atoms with van der Waals surface area (Å²) in [6.07, 6.45) is 4.96. The van der Waals surface area contributed by atoms with E-state index in [1.807, 2.05) is 0 Å². The van der Waals surface area contributed by atoms with E-state index < -0.39 is 0 Å². The van der Waals surface area contributed by atoms with Gasteiger partial charge in [-0.1, -0.05) is 24.9 Å². The second-order valence-electron chi connectivity index (χ2n) is 4.04. The number of hydrogen-bond donors (Lipinski definition) is 0. The van der Waals surface area contributed by atoms with E-state index in [2.05, 4.69) is 13.2 Å². The van der Waals surface area contributed by atoms with Gasteiger partial charge >= 0.3 is 0 Å². The molecule has 2 rings (SSSR count). The second kappa shape index (κ2) is 5.19. The van der Waals surface area contributed by atoms with Crippen LogP contribution in [0.15, 0.2) is 23.0 Å². The van der Waals surface area contributed by atoms with Crippen molar-refractivity contribution in [2.45, 2.75) is 37.9 Å². The Hall–Kier alpha value is -0.250. The predicted molar refractivity (Wildman–Crippen MR) is 63.8 cm³/mol. The second-order valence-corrected chi connectivity index (χ2v) is 5.29. The van der Waals surface area contributed by atoms with Crippen LogP contribution in [0.5, 0.6) is 0 Å². The summed E-state index contributed by atoms with van der Waals surface area (Å²) < 4.78 is 11.2. The summed E-state index contributed by atoms with van der Waals surface area (Å²) in [5, 5.41) is 0. The minimum absolute atomic E-state index is 0.230. The average Bonchev–Trinajstić information content (AvgIpc) is 2.91. The third kappa shape index (κ3) is 2.86. The molecule has 2 fully saturated rings. The molecule has 2 heterocycles. The van der Waals surface area contributed by atoms with Gasteiger partial charge in [0.25, 0.3) is 0 Å². The summed E-state index contributed by atoms with van der Waals surface area (Å²) in [4.78, 5) is 2.18. The van der Waals surface area contributed by atoms with E-state index in [1.54, 1.807) is 11.8 Å². The van der Waals surface area contributed by atoms with Gasteiger partial charge in [-0.3, -0.25) is 0 Å². The molecular formula is C12H18O2S. The summed E-state index contributed by atoms with van der Waals surface area (Å²) in [5.41, 5.74) is 0. The molecule has 2 unspecified atom stereocenters. The van der Waals surface area contributed by atoms with Crippen molar-refractivity contribution in [1.82, 2.24) is 0 Å². The van der Waals surface area contributed by atoms with Crippen LogP contribution in [0, 0.1) is 0 Å². The number of rotatable bonds is 4. The van der Waals surface area contributed by atoms with Crippen molar-refractivity contribution < 1.29 is 9.47 Å². The van der Waals surface area contributed by atoms with Crippen molar-refractivity contribution in [3.05, 3.63) is 23.0 Å². The highest BCUT2D eigenvalue weighted by atomic mass is 32.2. The summed E-state index contributed by atoms with van der Waals surface area (Å²) in [7, 11) is 0. The van der Waals surface area contributed by atoms with Crippen LogP contribution in [-0.4, -0.2) is 25.4 Å². The Kier molecular flexibility index (Phi) is 3.89. The van der Waals surface area contributed by atoms with Crippen LogP contribution in [0.4, 0.5) is 0 Å². The summed E-state index contributed by atoms with van der Waals surface area (Å²) in [6, 6.07) is 0. The molecule has 2 aliphatic rings. The molecule has 3 heteroatoms. The molecule has 0 amide bonds. The molecule has 0 aromatic rings. The van der Waals surface area contributed by atoms with Crippen LogP contribution in [0.3, 0.4) is 0 Å². The van der Waals surface area contributed by atoms with Gasteiger partial charge in [0, 0.05) is 23.0 Å². The van der Waals surface area contributed by atoms with Crippen LogP contribution in [0.25, 0.3) is 0 Å². The summed E-state index contributed by atoms with van der Waals surface area (Å²) >= 11 is 1.66. The molecular weight excluding hydrogens is 208 g/mol. The quantitative estimate of drug-likeness (QED) is 0.734. The maximum Gasteiger partial charge on any atom is 0.0881 e.